The molecule has 0 bridgehead atoms. The average molecular weight is 593 g/mol. The third-order valence-electron chi connectivity index (χ3n) is 5.99. The molecule has 2 aliphatic rings. The van der Waals surface area contributed by atoms with Crippen molar-refractivity contribution in [1.29, 1.82) is 0 Å². The van der Waals surface area contributed by atoms with Gasteiger partial charge in [-0.25, -0.2) is 4.79 Å². The van der Waals surface area contributed by atoms with Crippen LogP contribution in [0.3, 0.4) is 0 Å². The Hall–Kier alpha value is -4.01. The third-order valence-corrected chi connectivity index (χ3v) is 8.33. The summed E-state index contributed by atoms with van der Waals surface area (Å²) in [6, 6.07) is 13.3. The Labute approximate surface area is 246 Å². The number of benzene rings is 2. The zero-order valence-corrected chi connectivity index (χ0v) is 23.8. The molecule has 0 unspecified atom stereocenters. The van der Waals surface area contributed by atoms with Gasteiger partial charge in [-0.2, -0.15) is 0 Å². The zero-order chi connectivity index (χ0) is 28.9. The molecule has 41 heavy (non-hydrogen) atoms. The van der Waals surface area contributed by atoms with Crippen LogP contribution in [0.2, 0.25) is 0 Å². The summed E-state index contributed by atoms with van der Waals surface area (Å²) in [5.74, 6) is 7.18. The quantitative estimate of drug-likeness (QED) is 0.0695. The highest BCUT2D eigenvalue weighted by molar-refractivity contribution is 8.76. The standard InChI is InChI=1S/C30H28N2O7S2/c33-28(32-21-24-7-2-1-5-22(24)9-10-23-6-3-4-8-27(23)32)15-16-29(34)37-17-19-40-41-20-18-38-30(35)39-26-13-11-25(31-36)12-14-26/h3-8,11-14H,1-2,15-21H2. The van der Waals surface area contributed by atoms with Gasteiger partial charge >= 0.3 is 12.1 Å². The summed E-state index contributed by atoms with van der Waals surface area (Å²) in [7, 11) is 2.94. The number of rotatable bonds is 12. The highest BCUT2D eigenvalue weighted by Gasteiger charge is 2.23. The molecule has 0 radical (unpaired) electrons. The van der Waals surface area contributed by atoms with Gasteiger partial charge in [0.05, 0.1) is 18.7 Å². The molecular weight excluding hydrogens is 564 g/mol. The van der Waals surface area contributed by atoms with Crippen molar-refractivity contribution in [3.8, 4) is 17.6 Å². The molecule has 11 heteroatoms. The van der Waals surface area contributed by atoms with E-state index in [2.05, 4.69) is 29.2 Å². The average Bonchev–Trinajstić information content (AvgIpc) is 2.99. The first kappa shape index (κ1) is 30.0. The number of carbonyl (C=O) groups excluding carboxylic acids is 3. The summed E-state index contributed by atoms with van der Waals surface area (Å²) in [5, 5.41) is 2.77. The lowest BCUT2D eigenvalue weighted by Crippen LogP contribution is -2.34. The van der Waals surface area contributed by atoms with Crippen molar-refractivity contribution in [1.82, 2.24) is 0 Å². The summed E-state index contributed by atoms with van der Waals surface area (Å²) >= 11 is 0. The summed E-state index contributed by atoms with van der Waals surface area (Å²) in [4.78, 5) is 49.3. The molecule has 4 rings (SSSR count). The van der Waals surface area contributed by atoms with E-state index in [1.807, 2.05) is 24.3 Å². The molecule has 0 saturated heterocycles. The SMILES string of the molecule is O=Nc1ccc(OC(=O)OCCSSCCOC(=O)CCC(=O)N2CC3=CCCC=C3C#Cc3ccccc32)cc1. The van der Waals surface area contributed by atoms with E-state index >= 15 is 0 Å². The van der Waals surface area contributed by atoms with Gasteiger partial charge in [-0.3, -0.25) is 9.59 Å². The number of carbonyl (C=O) groups is 3. The summed E-state index contributed by atoms with van der Waals surface area (Å²) in [6.07, 6.45) is 5.30. The highest BCUT2D eigenvalue weighted by Crippen LogP contribution is 2.28. The maximum atomic E-state index is 13.2. The van der Waals surface area contributed by atoms with Gasteiger partial charge in [0.25, 0.3) is 0 Å². The van der Waals surface area contributed by atoms with E-state index in [0.717, 1.165) is 35.2 Å². The lowest BCUT2D eigenvalue weighted by atomic mass is 9.95. The van der Waals surface area contributed by atoms with E-state index in [1.54, 1.807) is 4.90 Å². The molecule has 0 spiro atoms. The maximum absolute atomic E-state index is 13.2. The molecule has 1 aliphatic carbocycles. The van der Waals surface area contributed by atoms with Crippen LogP contribution in [0.1, 0.15) is 31.2 Å². The van der Waals surface area contributed by atoms with Gasteiger partial charge in [-0.05, 0) is 60.0 Å². The van der Waals surface area contributed by atoms with Crippen LogP contribution in [-0.4, -0.2) is 49.3 Å². The zero-order valence-electron chi connectivity index (χ0n) is 22.2. The fraction of sp³-hybridized carbons (Fsp3) is 0.300. The number of para-hydroxylation sites is 1. The molecule has 2 aromatic rings. The molecule has 2 aromatic carbocycles. The lowest BCUT2D eigenvalue weighted by Gasteiger charge is -2.27. The topological polar surface area (TPSA) is 112 Å². The minimum Gasteiger partial charge on any atom is -0.465 e. The first-order valence-corrected chi connectivity index (χ1v) is 15.5. The molecule has 1 amide bonds. The van der Waals surface area contributed by atoms with E-state index in [-0.39, 0.29) is 43.4 Å². The number of esters is 1. The predicted octanol–water partition coefficient (Wildman–Crippen LogP) is 6.35. The molecule has 1 heterocycles. The van der Waals surface area contributed by atoms with Crippen molar-refractivity contribution in [2.24, 2.45) is 5.18 Å². The number of nitroso groups, excluding NO2 is 1. The van der Waals surface area contributed by atoms with Crippen LogP contribution in [-0.2, 0) is 19.1 Å². The van der Waals surface area contributed by atoms with Gasteiger partial charge in [0.15, 0.2) is 0 Å². The molecule has 0 fully saturated rings. The Bertz CT molecular complexity index is 1390. The number of nitrogens with zero attached hydrogens (tertiary/aromatic N) is 2. The first-order valence-electron chi connectivity index (χ1n) is 13.0. The predicted molar refractivity (Wildman–Crippen MR) is 160 cm³/mol. The monoisotopic (exact) mass is 592 g/mol. The number of hydrogen-bond donors (Lipinski definition) is 0. The van der Waals surface area contributed by atoms with Crippen molar-refractivity contribution in [3.05, 3.63) is 82.3 Å². The number of ether oxygens (including phenoxy) is 3. The number of allylic oxidation sites excluding steroid dienone is 2. The largest absolute Gasteiger partial charge is 0.513 e. The second kappa shape index (κ2) is 15.7. The summed E-state index contributed by atoms with van der Waals surface area (Å²) in [5.41, 5.74) is 3.77. The minimum absolute atomic E-state index is 0.00688. The highest BCUT2D eigenvalue weighted by atomic mass is 33.1. The van der Waals surface area contributed by atoms with Crippen molar-refractivity contribution < 1.29 is 28.6 Å². The normalized spacial score (nSPS) is 13.5. The number of amides is 1. The lowest BCUT2D eigenvalue weighted by molar-refractivity contribution is -0.144. The maximum Gasteiger partial charge on any atom is 0.513 e. The molecular formula is C30H28N2O7S2. The number of hydrogen-bond acceptors (Lipinski definition) is 10. The van der Waals surface area contributed by atoms with Crippen LogP contribution in [0.25, 0.3) is 0 Å². The van der Waals surface area contributed by atoms with E-state index in [1.165, 1.54) is 45.9 Å². The second-order valence-corrected chi connectivity index (χ2v) is 11.5. The Balaban J connectivity index is 1.11. The van der Waals surface area contributed by atoms with Crippen molar-refractivity contribution >= 4 is 51.0 Å². The molecule has 0 aromatic heterocycles. The molecule has 1 aliphatic heterocycles. The van der Waals surface area contributed by atoms with Crippen molar-refractivity contribution in [3.63, 3.8) is 0 Å². The van der Waals surface area contributed by atoms with Crippen LogP contribution in [0.4, 0.5) is 16.2 Å². The number of fused-ring (bicyclic) bond motifs is 2. The van der Waals surface area contributed by atoms with Crippen molar-refractivity contribution in [2.45, 2.75) is 25.7 Å². The summed E-state index contributed by atoms with van der Waals surface area (Å²) in [6.45, 7) is 0.779. The van der Waals surface area contributed by atoms with Gasteiger partial charge in [0.2, 0.25) is 5.91 Å². The second-order valence-electron chi connectivity index (χ2n) is 8.82. The summed E-state index contributed by atoms with van der Waals surface area (Å²) < 4.78 is 15.3. The van der Waals surface area contributed by atoms with E-state index < -0.39 is 12.1 Å². The van der Waals surface area contributed by atoms with E-state index in [0.29, 0.717) is 18.1 Å². The number of anilines is 1. The van der Waals surface area contributed by atoms with Crippen LogP contribution < -0.4 is 9.64 Å². The van der Waals surface area contributed by atoms with Gasteiger partial charge < -0.3 is 19.1 Å². The Morgan fingerprint density at radius 2 is 1.61 bits per heavy atom. The van der Waals surface area contributed by atoms with Crippen LogP contribution in [0.15, 0.2) is 77.0 Å². The van der Waals surface area contributed by atoms with Crippen LogP contribution in [0, 0.1) is 16.7 Å². The van der Waals surface area contributed by atoms with E-state index in [9.17, 15) is 19.3 Å². The smallest absolute Gasteiger partial charge is 0.465 e. The molecule has 0 N–H and O–H groups in total. The fourth-order valence-corrected chi connectivity index (χ4v) is 5.67. The van der Waals surface area contributed by atoms with E-state index in [4.69, 9.17) is 14.2 Å². The minimum atomic E-state index is -0.842. The van der Waals surface area contributed by atoms with Gasteiger partial charge in [0, 0.05) is 29.1 Å². The van der Waals surface area contributed by atoms with Gasteiger partial charge in [-0.1, -0.05) is 57.7 Å². The Kier molecular flexibility index (Phi) is 11.5. The van der Waals surface area contributed by atoms with Crippen LogP contribution in [0.5, 0.6) is 5.75 Å². The molecule has 212 valence electrons. The van der Waals surface area contributed by atoms with Gasteiger partial charge in [-0.15, -0.1) is 4.91 Å². The van der Waals surface area contributed by atoms with Crippen molar-refractivity contribution in [2.75, 3.05) is 36.2 Å². The fourth-order valence-electron chi connectivity index (χ4n) is 4.02. The Morgan fingerprint density at radius 3 is 2.39 bits per heavy atom. The molecule has 0 atom stereocenters. The first-order chi connectivity index (χ1) is 20.0. The van der Waals surface area contributed by atoms with Gasteiger partial charge in [0.1, 0.15) is 24.7 Å². The molecule has 0 saturated carbocycles. The van der Waals surface area contributed by atoms with Crippen LogP contribution >= 0.6 is 21.6 Å². The third kappa shape index (κ3) is 9.27. The molecule has 9 nitrogen and oxygen atoms in total. The Morgan fingerprint density at radius 1 is 0.878 bits per heavy atom.